The van der Waals surface area contributed by atoms with E-state index in [2.05, 4.69) is 44.8 Å². The Bertz CT molecular complexity index is 1550. The van der Waals surface area contributed by atoms with Gasteiger partial charge in [0.2, 0.25) is 0 Å². The molecule has 0 aliphatic heterocycles. The molecule has 4 aromatic rings. The Morgan fingerprint density at radius 1 is 1.17 bits per heavy atom. The largest absolute Gasteiger partial charge is 0.323 e. The number of aliphatic imine (C=N–C) groups is 1. The second-order valence-electron chi connectivity index (χ2n) is 9.13. The van der Waals surface area contributed by atoms with Crippen molar-refractivity contribution in [3.05, 3.63) is 118 Å². The Balaban J connectivity index is 1.27. The van der Waals surface area contributed by atoms with Crippen LogP contribution < -0.4 is 5.69 Å². The van der Waals surface area contributed by atoms with E-state index in [1.807, 2.05) is 49.5 Å². The number of allylic oxidation sites excluding steroid dienone is 4. The molecule has 180 valence electrons. The maximum atomic E-state index is 15.1. The zero-order chi connectivity index (χ0) is 25.1. The van der Waals surface area contributed by atoms with Crippen LogP contribution in [0.1, 0.15) is 34.4 Å². The third-order valence-electron chi connectivity index (χ3n) is 6.47. The summed E-state index contributed by atoms with van der Waals surface area (Å²) in [6.45, 7) is 5.66. The summed E-state index contributed by atoms with van der Waals surface area (Å²) >= 11 is 0. The van der Waals surface area contributed by atoms with Crippen LogP contribution >= 0.6 is 0 Å². The molecule has 0 spiro atoms. The lowest BCUT2D eigenvalue weighted by atomic mass is 9.86. The van der Waals surface area contributed by atoms with Gasteiger partial charge in [0.1, 0.15) is 11.5 Å². The molecule has 36 heavy (non-hydrogen) atoms. The van der Waals surface area contributed by atoms with E-state index in [4.69, 9.17) is 0 Å². The van der Waals surface area contributed by atoms with Crippen LogP contribution in [0.2, 0.25) is 0 Å². The van der Waals surface area contributed by atoms with Crippen LogP contribution in [-0.2, 0) is 12.8 Å². The first-order valence-corrected chi connectivity index (χ1v) is 12.0. The Kier molecular flexibility index (Phi) is 6.58. The van der Waals surface area contributed by atoms with Crippen molar-refractivity contribution in [1.29, 1.82) is 0 Å². The van der Waals surface area contributed by atoms with E-state index in [0.29, 0.717) is 18.0 Å². The molecular weight excluding hydrogens is 451 g/mol. The number of imidazole rings is 1. The molecule has 0 bridgehead atoms. The summed E-state index contributed by atoms with van der Waals surface area (Å²) in [5.41, 5.74) is 7.43. The Hall–Kier alpha value is -4.32. The van der Waals surface area contributed by atoms with Crippen LogP contribution in [0.4, 0.5) is 10.1 Å². The molecule has 1 atom stereocenters. The highest BCUT2D eigenvalue weighted by Gasteiger charge is 2.16. The second kappa shape index (κ2) is 10.1. The SMILES string of the molecule is C=Cc1ccc(CC2C=CC=C(c3cc(C)c(/N=C\Cc4ccc5[nH]c(=O)[nH]c5c4)c(F)c3)C2)nc1. The van der Waals surface area contributed by atoms with E-state index in [1.54, 1.807) is 18.4 Å². The molecule has 0 saturated carbocycles. The van der Waals surface area contributed by atoms with E-state index in [-0.39, 0.29) is 11.5 Å². The van der Waals surface area contributed by atoms with Gasteiger partial charge in [-0.3, -0.25) is 9.98 Å². The number of aromatic amines is 2. The van der Waals surface area contributed by atoms with E-state index >= 15 is 4.39 Å². The number of benzene rings is 2. The fourth-order valence-electron chi connectivity index (χ4n) is 4.58. The normalized spacial score (nSPS) is 15.5. The third-order valence-corrected chi connectivity index (χ3v) is 6.47. The van der Waals surface area contributed by atoms with Crippen LogP contribution in [-0.4, -0.2) is 21.2 Å². The number of aryl methyl sites for hydroxylation is 1. The fraction of sp³-hybridized carbons (Fsp3) is 0.167. The maximum absolute atomic E-state index is 15.1. The smallest absolute Gasteiger partial charge is 0.306 e. The molecule has 2 aromatic carbocycles. The van der Waals surface area contributed by atoms with Crippen LogP contribution in [0.15, 0.2) is 83.3 Å². The first kappa shape index (κ1) is 23.4. The predicted molar refractivity (Wildman–Crippen MR) is 145 cm³/mol. The van der Waals surface area contributed by atoms with E-state index in [0.717, 1.165) is 57.4 Å². The minimum Gasteiger partial charge on any atom is -0.306 e. The Morgan fingerprint density at radius 2 is 2.03 bits per heavy atom. The van der Waals surface area contributed by atoms with Crippen molar-refractivity contribution in [2.45, 2.75) is 26.2 Å². The Labute approximate surface area is 208 Å². The first-order chi connectivity index (χ1) is 17.5. The maximum Gasteiger partial charge on any atom is 0.323 e. The number of rotatable bonds is 7. The van der Waals surface area contributed by atoms with Gasteiger partial charge in [0.25, 0.3) is 0 Å². The minimum atomic E-state index is -0.333. The number of nitrogens with one attached hydrogen (secondary N) is 2. The summed E-state index contributed by atoms with van der Waals surface area (Å²) in [6, 6.07) is 13.3. The van der Waals surface area contributed by atoms with Gasteiger partial charge in [0.15, 0.2) is 0 Å². The van der Waals surface area contributed by atoms with Gasteiger partial charge in [-0.2, -0.15) is 0 Å². The van der Waals surface area contributed by atoms with Gasteiger partial charge >= 0.3 is 5.69 Å². The van der Waals surface area contributed by atoms with Gasteiger partial charge in [-0.05, 0) is 83.8 Å². The van der Waals surface area contributed by atoms with E-state index < -0.39 is 0 Å². The number of nitrogens with zero attached hydrogens (tertiary/aromatic N) is 2. The molecule has 2 aromatic heterocycles. The first-order valence-electron chi connectivity index (χ1n) is 12.0. The average Bonchev–Trinajstić information content (AvgIpc) is 3.25. The molecule has 1 unspecified atom stereocenters. The van der Waals surface area contributed by atoms with Crippen molar-refractivity contribution in [2.75, 3.05) is 0 Å². The van der Waals surface area contributed by atoms with Crippen molar-refractivity contribution in [2.24, 2.45) is 10.9 Å². The predicted octanol–water partition coefficient (Wildman–Crippen LogP) is 6.49. The van der Waals surface area contributed by atoms with Crippen molar-refractivity contribution in [1.82, 2.24) is 15.0 Å². The molecule has 0 amide bonds. The topological polar surface area (TPSA) is 73.9 Å². The van der Waals surface area contributed by atoms with Crippen LogP contribution in [0, 0.1) is 18.7 Å². The molecule has 1 aliphatic carbocycles. The summed E-state index contributed by atoms with van der Waals surface area (Å²) in [7, 11) is 0. The number of hydrogen-bond acceptors (Lipinski definition) is 3. The van der Waals surface area contributed by atoms with Crippen molar-refractivity contribution in [3.63, 3.8) is 0 Å². The number of aromatic nitrogens is 3. The standard InChI is InChI=1S/C30H27FN4O/c1-3-20-7-9-25(33-18-20)15-22-5-4-6-23(14-22)24-13-19(2)29(26(31)17-24)32-12-11-21-8-10-27-28(16-21)35-30(36)34-27/h3-10,12-13,16-18,22H,1,11,14-15H2,2H3,(H2,34,35,36)/b32-12-. The number of halogens is 1. The van der Waals surface area contributed by atoms with Gasteiger partial charge < -0.3 is 9.97 Å². The van der Waals surface area contributed by atoms with Crippen LogP contribution in [0.25, 0.3) is 22.7 Å². The molecule has 0 saturated heterocycles. The van der Waals surface area contributed by atoms with Crippen LogP contribution in [0.5, 0.6) is 0 Å². The van der Waals surface area contributed by atoms with Crippen LogP contribution in [0.3, 0.4) is 0 Å². The van der Waals surface area contributed by atoms with E-state index in [9.17, 15) is 4.79 Å². The Morgan fingerprint density at radius 3 is 2.81 bits per heavy atom. The summed E-state index contributed by atoms with van der Waals surface area (Å²) < 4.78 is 15.1. The van der Waals surface area contributed by atoms with Gasteiger partial charge in [0, 0.05) is 24.5 Å². The van der Waals surface area contributed by atoms with Gasteiger partial charge in [-0.25, -0.2) is 9.18 Å². The molecular formula is C30H27FN4O. The molecule has 5 nitrogen and oxygen atoms in total. The monoisotopic (exact) mass is 478 g/mol. The highest BCUT2D eigenvalue weighted by molar-refractivity contribution is 5.77. The zero-order valence-corrected chi connectivity index (χ0v) is 20.1. The zero-order valence-electron chi connectivity index (χ0n) is 20.1. The molecule has 2 N–H and O–H groups in total. The highest BCUT2D eigenvalue weighted by atomic mass is 19.1. The molecule has 1 aliphatic rings. The average molecular weight is 479 g/mol. The fourth-order valence-corrected chi connectivity index (χ4v) is 4.58. The summed E-state index contributed by atoms with van der Waals surface area (Å²) in [6.07, 6.45) is 13.8. The minimum absolute atomic E-state index is 0.234. The summed E-state index contributed by atoms with van der Waals surface area (Å²) in [5, 5.41) is 0. The lowest BCUT2D eigenvalue weighted by molar-refractivity contribution is 0.626. The number of pyridine rings is 1. The molecule has 2 heterocycles. The molecule has 0 radical (unpaired) electrons. The number of hydrogen-bond donors (Lipinski definition) is 2. The quantitative estimate of drug-likeness (QED) is 0.298. The number of H-pyrrole nitrogens is 2. The second-order valence-corrected chi connectivity index (χ2v) is 9.13. The molecule has 0 fully saturated rings. The van der Waals surface area contributed by atoms with Crippen molar-refractivity contribution >= 4 is 34.6 Å². The summed E-state index contributed by atoms with van der Waals surface area (Å²) in [5.74, 6) is -0.0270. The van der Waals surface area contributed by atoms with Gasteiger partial charge in [-0.15, -0.1) is 0 Å². The highest BCUT2D eigenvalue weighted by Crippen LogP contribution is 2.33. The summed E-state index contributed by atoms with van der Waals surface area (Å²) in [4.78, 5) is 25.9. The van der Waals surface area contributed by atoms with E-state index in [1.165, 1.54) is 0 Å². The lowest BCUT2D eigenvalue weighted by Crippen LogP contribution is -2.07. The van der Waals surface area contributed by atoms with Gasteiger partial charge in [-0.1, -0.05) is 43.0 Å². The molecule has 5 rings (SSSR count). The van der Waals surface area contributed by atoms with Gasteiger partial charge in [0.05, 0.1) is 11.0 Å². The van der Waals surface area contributed by atoms with Crippen molar-refractivity contribution < 1.29 is 4.39 Å². The number of fused-ring (bicyclic) bond motifs is 1. The van der Waals surface area contributed by atoms with Crippen molar-refractivity contribution in [3.8, 4) is 0 Å². The molecule has 6 heteroatoms. The lowest BCUT2D eigenvalue weighted by Gasteiger charge is -2.19. The third kappa shape index (κ3) is 5.18.